The molecule has 0 fully saturated rings. The lowest BCUT2D eigenvalue weighted by Gasteiger charge is -2.20. The van der Waals surface area contributed by atoms with Crippen LogP contribution in [-0.4, -0.2) is 31.4 Å². The number of hydrogen-bond acceptors (Lipinski definition) is 3. The molecular formula is C19H23FN2O3S. The summed E-state index contributed by atoms with van der Waals surface area (Å²) in [5, 5.41) is 2.80. The molecule has 0 aliphatic rings. The Hall–Kier alpha value is -2.25. The topological polar surface area (TPSA) is 66.5 Å². The maximum absolute atomic E-state index is 13.8. The van der Waals surface area contributed by atoms with Crippen molar-refractivity contribution in [2.45, 2.75) is 26.8 Å². The first-order chi connectivity index (χ1) is 12.2. The average molecular weight is 378 g/mol. The number of carbonyl (C=O) groups excluding carboxylic acids is 1. The number of anilines is 1. The lowest BCUT2D eigenvalue weighted by molar-refractivity contribution is -0.116. The Labute approximate surface area is 153 Å². The van der Waals surface area contributed by atoms with Crippen LogP contribution in [0.2, 0.25) is 0 Å². The largest absolute Gasteiger partial charge is 0.326 e. The zero-order valence-electron chi connectivity index (χ0n) is 15.1. The molecule has 0 aliphatic heterocycles. The smallest absolute Gasteiger partial charge is 0.225 e. The molecule has 1 N–H and O–H groups in total. The van der Waals surface area contributed by atoms with E-state index in [0.717, 1.165) is 21.7 Å². The fraction of sp³-hybridized carbons (Fsp3) is 0.316. The molecule has 1 amide bonds. The molecule has 0 radical (unpaired) electrons. The summed E-state index contributed by atoms with van der Waals surface area (Å²) in [6, 6.07) is 11.7. The Morgan fingerprint density at radius 3 is 2.50 bits per heavy atom. The van der Waals surface area contributed by atoms with Gasteiger partial charge in [-0.2, -0.15) is 4.31 Å². The summed E-state index contributed by atoms with van der Waals surface area (Å²) in [5.74, 6) is -0.762. The van der Waals surface area contributed by atoms with Crippen molar-refractivity contribution >= 4 is 21.6 Å². The normalized spacial score (nSPS) is 11.6. The number of nitrogens with one attached hydrogen (secondary N) is 1. The van der Waals surface area contributed by atoms with E-state index in [1.54, 1.807) is 12.1 Å². The molecule has 2 aromatic carbocycles. The number of amides is 1. The third kappa shape index (κ3) is 5.64. The highest BCUT2D eigenvalue weighted by molar-refractivity contribution is 7.88. The summed E-state index contributed by atoms with van der Waals surface area (Å²) in [6.07, 6.45) is 1.03. The van der Waals surface area contributed by atoms with Gasteiger partial charge in [-0.1, -0.05) is 30.3 Å². The van der Waals surface area contributed by atoms with Crippen molar-refractivity contribution in [3.8, 4) is 0 Å². The Kier molecular flexibility index (Phi) is 6.50. The van der Waals surface area contributed by atoms with Crippen molar-refractivity contribution in [1.29, 1.82) is 0 Å². The molecule has 0 heterocycles. The summed E-state index contributed by atoms with van der Waals surface area (Å²) >= 11 is 0. The number of carbonyl (C=O) groups is 1. The maximum atomic E-state index is 13.8. The number of halogens is 1. The molecule has 0 spiro atoms. The quantitative estimate of drug-likeness (QED) is 0.804. The van der Waals surface area contributed by atoms with E-state index in [2.05, 4.69) is 5.32 Å². The standard InChI is InChI=1S/C19H23FN2O3S/c1-14-8-9-15(2)18(12-14)21-19(23)10-11-22(26(3,24)25)13-16-6-4-5-7-17(16)20/h4-9,12H,10-11,13H2,1-3H3,(H,21,23). The van der Waals surface area contributed by atoms with Gasteiger partial charge < -0.3 is 5.32 Å². The molecule has 2 rings (SSSR count). The molecule has 0 saturated heterocycles. The van der Waals surface area contributed by atoms with Gasteiger partial charge in [0.15, 0.2) is 0 Å². The molecule has 0 aliphatic carbocycles. The van der Waals surface area contributed by atoms with Gasteiger partial charge in [-0.25, -0.2) is 12.8 Å². The molecule has 5 nitrogen and oxygen atoms in total. The molecule has 0 saturated carbocycles. The predicted octanol–water partition coefficient (Wildman–Crippen LogP) is 3.23. The van der Waals surface area contributed by atoms with Gasteiger partial charge in [0.05, 0.1) is 6.26 Å². The molecule has 26 heavy (non-hydrogen) atoms. The van der Waals surface area contributed by atoms with Crippen LogP contribution in [0.15, 0.2) is 42.5 Å². The summed E-state index contributed by atoms with van der Waals surface area (Å²) in [4.78, 5) is 12.2. The van der Waals surface area contributed by atoms with E-state index in [9.17, 15) is 17.6 Å². The van der Waals surface area contributed by atoms with Crippen LogP contribution in [0.1, 0.15) is 23.1 Å². The minimum atomic E-state index is -3.58. The van der Waals surface area contributed by atoms with Crippen LogP contribution >= 0.6 is 0 Å². The molecule has 140 valence electrons. The van der Waals surface area contributed by atoms with Crippen molar-refractivity contribution < 1.29 is 17.6 Å². The van der Waals surface area contributed by atoms with Gasteiger partial charge in [0.1, 0.15) is 5.82 Å². The van der Waals surface area contributed by atoms with Gasteiger partial charge in [-0.15, -0.1) is 0 Å². The molecule has 7 heteroatoms. The average Bonchev–Trinajstić information content (AvgIpc) is 2.55. The van der Waals surface area contributed by atoms with Crippen molar-refractivity contribution in [3.63, 3.8) is 0 Å². The number of benzene rings is 2. The molecule has 0 bridgehead atoms. The van der Waals surface area contributed by atoms with E-state index in [4.69, 9.17) is 0 Å². The second kappa shape index (κ2) is 8.42. The van der Waals surface area contributed by atoms with Gasteiger partial charge >= 0.3 is 0 Å². The van der Waals surface area contributed by atoms with E-state index in [0.29, 0.717) is 5.69 Å². The van der Waals surface area contributed by atoms with Crippen LogP contribution in [0.25, 0.3) is 0 Å². The Bertz CT molecular complexity index is 897. The minimum absolute atomic E-state index is 0.0189. The Balaban J connectivity index is 2.04. The van der Waals surface area contributed by atoms with Crippen LogP contribution < -0.4 is 5.32 Å². The third-order valence-corrected chi connectivity index (χ3v) is 5.28. The fourth-order valence-electron chi connectivity index (χ4n) is 2.49. The lowest BCUT2D eigenvalue weighted by atomic mass is 10.1. The number of hydrogen-bond donors (Lipinski definition) is 1. The summed E-state index contributed by atoms with van der Waals surface area (Å²) in [7, 11) is -3.58. The first-order valence-corrected chi connectivity index (χ1v) is 10.1. The first kappa shape index (κ1) is 20.1. The molecular weight excluding hydrogens is 355 g/mol. The van der Waals surface area contributed by atoms with Crippen molar-refractivity contribution in [2.75, 3.05) is 18.1 Å². The van der Waals surface area contributed by atoms with Gasteiger partial charge in [0, 0.05) is 30.8 Å². The van der Waals surface area contributed by atoms with E-state index in [-0.39, 0.29) is 31.0 Å². The monoisotopic (exact) mass is 378 g/mol. The molecule has 0 aromatic heterocycles. The predicted molar refractivity (Wildman–Crippen MR) is 101 cm³/mol. The minimum Gasteiger partial charge on any atom is -0.326 e. The SMILES string of the molecule is Cc1ccc(C)c(NC(=O)CCN(Cc2ccccc2F)S(C)(=O)=O)c1. The lowest BCUT2D eigenvalue weighted by Crippen LogP contribution is -2.33. The summed E-state index contributed by atoms with van der Waals surface area (Å²) in [5.41, 5.74) is 2.92. The highest BCUT2D eigenvalue weighted by Crippen LogP contribution is 2.17. The van der Waals surface area contributed by atoms with Crippen LogP contribution in [0.3, 0.4) is 0 Å². The second-order valence-electron chi connectivity index (χ2n) is 6.30. The zero-order chi connectivity index (χ0) is 19.3. The fourth-order valence-corrected chi connectivity index (χ4v) is 3.28. The highest BCUT2D eigenvalue weighted by Gasteiger charge is 2.20. The number of rotatable bonds is 7. The van der Waals surface area contributed by atoms with Crippen LogP contribution in [0.4, 0.5) is 10.1 Å². The van der Waals surface area contributed by atoms with Gasteiger partial charge in [0.2, 0.25) is 15.9 Å². The second-order valence-corrected chi connectivity index (χ2v) is 8.29. The van der Waals surface area contributed by atoms with Crippen molar-refractivity contribution in [1.82, 2.24) is 4.31 Å². The van der Waals surface area contributed by atoms with Crippen molar-refractivity contribution in [3.05, 3.63) is 65.0 Å². The molecule has 0 unspecified atom stereocenters. The summed E-state index contributed by atoms with van der Waals surface area (Å²) < 4.78 is 38.9. The van der Waals surface area contributed by atoms with E-state index in [1.807, 2.05) is 32.0 Å². The van der Waals surface area contributed by atoms with E-state index < -0.39 is 15.8 Å². The van der Waals surface area contributed by atoms with Gasteiger partial charge in [-0.05, 0) is 37.1 Å². The Morgan fingerprint density at radius 1 is 1.15 bits per heavy atom. The van der Waals surface area contributed by atoms with Gasteiger partial charge in [-0.3, -0.25) is 4.79 Å². The van der Waals surface area contributed by atoms with Crippen LogP contribution in [-0.2, 0) is 21.4 Å². The molecule has 0 atom stereocenters. The van der Waals surface area contributed by atoms with Gasteiger partial charge in [0.25, 0.3) is 0 Å². The van der Waals surface area contributed by atoms with Crippen LogP contribution in [0, 0.1) is 19.7 Å². The van der Waals surface area contributed by atoms with E-state index >= 15 is 0 Å². The van der Waals surface area contributed by atoms with E-state index in [1.165, 1.54) is 12.1 Å². The first-order valence-electron chi connectivity index (χ1n) is 8.22. The number of sulfonamides is 1. The zero-order valence-corrected chi connectivity index (χ0v) is 15.9. The Morgan fingerprint density at radius 2 is 1.85 bits per heavy atom. The van der Waals surface area contributed by atoms with Crippen LogP contribution in [0.5, 0.6) is 0 Å². The molecule has 2 aromatic rings. The highest BCUT2D eigenvalue weighted by atomic mass is 32.2. The number of aryl methyl sites for hydroxylation is 2. The maximum Gasteiger partial charge on any atom is 0.225 e. The van der Waals surface area contributed by atoms with Crippen molar-refractivity contribution in [2.24, 2.45) is 0 Å². The third-order valence-electron chi connectivity index (χ3n) is 4.03. The number of nitrogens with zero attached hydrogens (tertiary/aromatic N) is 1. The summed E-state index contributed by atoms with van der Waals surface area (Å²) in [6.45, 7) is 3.68.